The van der Waals surface area contributed by atoms with E-state index in [1.54, 1.807) is 17.7 Å². The van der Waals surface area contributed by atoms with Gasteiger partial charge in [-0.25, -0.2) is 9.36 Å². The van der Waals surface area contributed by atoms with Crippen molar-refractivity contribution in [2.24, 2.45) is 7.05 Å². The summed E-state index contributed by atoms with van der Waals surface area (Å²) in [6, 6.07) is 9.97. The Morgan fingerprint density at radius 3 is 2.62 bits per heavy atom. The molecule has 5 nitrogen and oxygen atoms in total. The van der Waals surface area contributed by atoms with Crippen molar-refractivity contribution in [1.82, 2.24) is 4.98 Å². The Bertz CT molecular complexity index is 618. The van der Waals surface area contributed by atoms with Crippen molar-refractivity contribution in [3.05, 3.63) is 53.5 Å². The Morgan fingerprint density at radius 1 is 1.33 bits per heavy atom. The molecule has 112 valence electrons. The second-order valence-corrected chi connectivity index (χ2v) is 4.45. The standard InChI is InChI=1S/C15H17N3O2.HI/c1-3-20-15(19)12-10-18(2)13(17-14(12)16)9-11-7-5-4-6-8-11;/h4-8,10,16H,3,9H2,1-2H3;1H. The number of esters is 1. The van der Waals surface area contributed by atoms with E-state index in [1.165, 1.54) is 0 Å². The molecular formula is C15H18IN3O2. The van der Waals surface area contributed by atoms with Crippen molar-refractivity contribution >= 4 is 11.8 Å². The van der Waals surface area contributed by atoms with Gasteiger partial charge < -0.3 is 34.4 Å². The van der Waals surface area contributed by atoms with Gasteiger partial charge in [0.2, 0.25) is 0 Å². The smallest absolute Gasteiger partial charge is 0.348 e. The first-order valence-electron chi connectivity index (χ1n) is 6.48. The molecule has 0 aliphatic heterocycles. The number of nitrogen functional groups attached to an aromatic ring is 1. The molecule has 0 atom stereocenters. The third-order valence-electron chi connectivity index (χ3n) is 2.96. The molecule has 2 rings (SSSR count). The third-order valence-corrected chi connectivity index (χ3v) is 2.96. The van der Waals surface area contributed by atoms with Crippen LogP contribution in [0.1, 0.15) is 28.7 Å². The minimum absolute atomic E-state index is 0. The van der Waals surface area contributed by atoms with Crippen molar-refractivity contribution < 1.29 is 38.1 Å². The molecule has 21 heavy (non-hydrogen) atoms. The van der Waals surface area contributed by atoms with E-state index in [4.69, 9.17) is 10.5 Å². The first kappa shape index (κ1) is 17.4. The number of rotatable bonds is 4. The van der Waals surface area contributed by atoms with Crippen LogP contribution in [0.3, 0.4) is 0 Å². The fourth-order valence-electron chi connectivity index (χ4n) is 1.92. The highest BCUT2D eigenvalue weighted by molar-refractivity contribution is 5.93. The molecule has 1 aromatic carbocycles. The molecule has 2 aromatic rings. The summed E-state index contributed by atoms with van der Waals surface area (Å²) in [5.41, 5.74) is 7.29. The molecule has 6 heteroatoms. The van der Waals surface area contributed by atoms with Gasteiger partial charge in [-0.3, -0.25) is 0 Å². The minimum Gasteiger partial charge on any atom is -1.00 e. The highest BCUT2D eigenvalue weighted by Crippen LogP contribution is 2.10. The van der Waals surface area contributed by atoms with E-state index in [2.05, 4.69) is 4.98 Å². The number of aromatic nitrogens is 2. The maximum absolute atomic E-state index is 11.7. The van der Waals surface area contributed by atoms with Gasteiger partial charge >= 0.3 is 11.8 Å². The summed E-state index contributed by atoms with van der Waals surface area (Å²) in [5, 5.41) is 0. The molecule has 2 N–H and O–H groups in total. The van der Waals surface area contributed by atoms with Crippen LogP contribution in [0.25, 0.3) is 0 Å². The summed E-state index contributed by atoms with van der Waals surface area (Å²) in [7, 11) is 1.84. The molecule has 1 aromatic heterocycles. The van der Waals surface area contributed by atoms with Gasteiger partial charge in [0.15, 0.2) is 5.56 Å². The highest BCUT2D eigenvalue weighted by atomic mass is 127. The van der Waals surface area contributed by atoms with E-state index in [1.807, 2.05) is 37.4 Å². The van der Waals surface area contributed by atoms with E-state index in [-0.39, 0.29) is 29.8 Å². The second kappa shape index (κ2) is 7.92. The van der Waals surface area contributed by atoms with E-state index >= 15 is 0 Å². The Balaban J connectivity index is 0.00000220. The summed E-state index contributed by atoms with van der Waals surface area (Å²) in [6.07, 6.45) is 2.32. The van der Waals surface area contributed by atoms with E-state index < -0.39 is 5.97 Å². The largest absolute Gasteiger partial charge is 1.00 e. The lowest BCUT2D eigenvalue weighted by Crippen LogP contribution is -3.00. The minimum atomic E-state index is -0.445. The molecule has 0 amide bonds. The number of benzene rings is 1. The van der Waals surface area contributed by atoms with Gasteiger partial charge in [0.1, 0.15) is 6.20 Å². The quantitative estimate of drug-likeness (QED) is 0.377. The van der Waals surface area contributed by atoms with Crippen LogP contribution < -0.4 is 34.3 Å². The van der Waals surface area contributed by atoms with Crippen LogP contribution in [0.4, 0.5) is 5.82 Å². The molecule has 0 bridgehead atoms. The Kier molecular flexibility index (Phi) is 6.54. The summed E-state index contributed by atoms with van der Waals surface area (Å²) in [5.74, 6) is 0.550. The zero-order valence-corrected chi connectivity index (χ0v) is 14.2. The second-order valence-electron chi connectivity index (χ2n) is 4.45. The molecule has 1 heterocycles. The number of carbonyl (C=O) groups excluding carboxylic acids is 1. The number of nitrogens with zero attached hydrogens (tertiary/aromatic N) is 2. The number of ether oxygens (including phenoxy) is 1. The van der Waals surface area contributed by atoms with Gasteiger partial charge in [-0.15, -0.1) is 0 Å². The average Bonchev–Trinajstić information content (AvgIpc) is 2.44. The average molecular weight is 399 g/mol. The first-order chi connectivity index (χ1) is 9.61. The summed E-state index contributed by atoms with van der Waals surface area (Å²) < 4.78 is 6.75. The number of carbonyl (C=O) groups is 1. The van der Waals surface area contributed by atoms with E-state index in [0.29, 0.717) is 18.6 Å². The van der Waals surface area contributed by atoms with Crippen molar-refractivity contribution in [2.45, 2.75) is 13.3 Å². The van der Waals surface area contributed by atoms with Crippen molar-refractivity contribution in [3.8, 4) is 0 Å². The summed E-state index contributed by atoms with van der Waals surface area (Å²) in [6.45, 7) is 2.07. The number of hydrogen-bond donors (Lipinski definition) is 1. The van der Waals surface area contributed by atoms with Gasteiger partial charge in [-0.1, -0.05) is 30.3 Å². The predicted octanol–water partition coefficient (Wildman–Crippen LogP) is -1.74. The lowest BCUT2D eigenvalue weighted by molar-refractivity contribution is -0.682. The molecule has 0 aliphatic carbocycles. The van der Waals surface area contributed by atoms with E-state index in [0.717, 1.165) is 11.4 Å². The van der Waals surface area contributed by atoms with Crippen LogP contribution in [0, 0.1) is 0 Å². The SMILES string of the molecule is CCOC(=O)c1c[n+](C)c(Cc2ccccc2)nc1N.[I-]. The molecular weight excluding hydrogens is 381 g/mol. The number of aryl methyl sites for hydroxylation is 1. The fraction of sp³-hybridized carbons (Fsp3) is 0.267. The Morgan fingerprint density at radius 2 is 2.00 bits per heavy atom. The maximum atomic E-state index is 11.7. The third kappa shape index (κ3) is 4.38. The maximum Gasteiger partial charge on any atom is 0.348 e. The van der Waals surface area contributed by atoms with Gasteiger partial charge in [0.25, 0.3) is 5.82 Å². The van der Waals surface area contributed by atoms with Gasteiger partial charge in [0, 0.05) is 0 Å². The first-order valence-corrected chi connectivity index (χ1v) is 6.48. The van der Waals surface area contributed by atoms with Crippen LogP contribution >= 0.6 is 0 Å². The highest BCUT2D eigenvalue weighted by Gasteiger charge is 2.22. The van der Waals surface area contributed by atoms with Crippen LogP contribution in [0.15, 0.2) is 36.5 Å². The summed E-state index contributed by atoms with van der Waals surface area (Å²) >= 11 is 0. The molecule has 0 unspecified atom stereocenters. The topological polar surface area (TPSA) is 69.1 Å². The predicted molar refractivity (Wildman–Crippen MR) is 75.0 cm³/mol. The molecule has 0 saturated heterocycles. The molecule has 0 saturated carbocycles. The van der Waals surface area contributed by atoms with Crippen molar-refractivity contribution in [1.29, 1.82) is 0 Å². The van der Waals surface area contributed by atoms with Gasteiger partial charge in [-0.2, -0.15) is 0 Å². The molecule has 0 fully saturated rings. The van der Waals surface area contributed by atoms with Crippen LogP contribution in [-0.2, 0) is 18.2 Å². The van der Waals surface area contributed by atoms with Crippen LogP contribution in [0.5, 0.6) is 0 Å². The number of nitrogens with two attached hydrogens (primary N) is 1. The van der Waals surface area contributed by atoms with Crippen LogP contribution in [0.2, 0.25) is 0 Å². The van der Waals surface area contributed by atoms with Gasteiger partial charge in [-0.05, 0) is 17.5 Å². The lowest BCUT2D eigenvalue weighted by atomic mass is 10.1. The van der Waals surface area contributed by atoms with E-state index in [9.17, 15) is 4.79 Å². The molecule has 0 aliphatic rings. The monoisotopic (exact) mass is 399 g/mol. The van der Waals surface area contributed by atoms with Gasteiger partial charge in [0.05, 0.1) is 20.1 Å². The lowest BCUT2D eigenvalue weighted by Gasteiger charge is -2.04. The zero-order valence-electron chi connectivity index (χ0n) is 12.0. The number of halogens is 1. The van der Waals surface area contributed by atoms with Crippen LogP contribution in [-0.4, -0.2) is 17.6 Å². The normalized spacial score (nSPS) is 9.81. The molecule has 0 radical (unpaired) electrons. The zero-order chi connectivity index (χ0) is 14.5. The van der Waals surface area contributed by atoms with Crippen molar-refractivity contribution in [2.75, 3.05) is 12.3 Å². The summed E-state index contributed by atoms with van der Waals surface area (Å²) in [4.78, 5) is 16.0. The number of hydrogen-bond acceptors (Lipinski definition) is 4. The number of anilines is 1. The van der Waals surface area contributed by atoms with Crippen molar-refractivity contribution in [3.63, 3.8) is 0 Å². The Labute approximate surface area is 141 Å². The Hall–Kier alpha value is -1.70. The fourth-order valence-corrected chi connectivity index (χ4v) is 1.92. The molecule has 0 spiro atoms.